The number of halogens is 1. The fourth-order valence-electron chi connectivity index (χ4n) is 0.947. The summed E-state index contributed by atoms with van der Waals surface area (Å²) < 4.78 is 9.82. The van der Waals surface area contributed by atoms with Crippen LogP contribution in [0, 0.1) is 0 Å². The lowest BCUT2D eigenvalue weighted by Crippen LogP contribution is -2.07. The van der Waals surface area contributed by atoms with E-state index in [0.29, 0.717) is 0 Å². The van der Waals surface area contributed by atoms with Gasteiger partial charge in [-0.05, 0) is 0 Å². The van der Waals surface area contributed by atoms with Crippen molar-refractivity contribution in [1.29, 1.82) is 0 Å². The van der Waals surface area contributed by atoms with E-state index in [1.165, 1.54) is 7.11 Å². The highest BCUT2D eigenvalue weighted by Gasteiger charge is 2.12. The summed E-state index contributed by atoms with van der Waals surface area (Å²) in [5.41, 5.74) is 0.804. The van der Waals surface area contributed by atoms with E-state index in [2.05, 4.69) is 15.9 Å². The number of carbonyl (C=O) groups is 1. The van der Waals surface area contributed by atoms with Gasteiger partial charge in [0.2, 0.25) is 6.29 Å². The quantitative estimate of drug-likeness (QED) is 0.606. The minimum absolute atomic E-state index is 0.539. The van der Waals surface area contributed by atoms with Crippen LogP contribution in [0.1, 0.15) is 11.9 Å². The van der Waals surface area contributed by atoms with Gasteiger partial charge in [0.15, 0.2) is 0 Å². The molecule has 1 aromatic carbocycles. The molecule has 1 unspecified atom stereocenters. The Morgan fingerprint density at radius 1 is 1.38 bits per heavy atom. The highest BCUT2D eigenvalue weighted by atomic mass is 79.9. The Labute approximate surface area is 84.8 Å². The zero-order chi connectivity index (χ0) is 9.68. The van der Waals surface area contributed by atoms with E-state index in [-0.39, 0.29) is 0 Å². The molecule has 0 spiro atoms. The molecule has 0 bridgehead atoms. The van der Waals surface area contributed by atoms with Crippen LogP contribution in [-0.2, 0) is 9.47 Å². The summed E-state index contributed by atoms with van der Waals surface area (Å²) in [6.45, 7) is 0. The van der Waals surface area contributed by atoms with Gasteiger partial charge in [0.25, 0.3) is 0 Å². The molecule has 0 amide bonds. The summed E-state index contributed by atoms with van der Waals surface area (Å²) in [4.78, 5) is 10.1. The molecule has 13 heavy (non-hydrogen) atoms. The Kier molecular flexibility index (Phi) is 3.92. The first-order chi connectivity index (χ1) is 6.24. The van der Waals surface area contributed by atoms with Gasteiger partial charge >= 0.3 is 4.88 Å². The Morgan fingerprint density at radius 2 is 2.00 bits per heavy atom. The molecular formula is C9H9BrO3. The third kappa shape index (κ3) is 3.16. The van der Waals surface area contributed by atoms with Crippen LogP contribution in [0.3, 0.4) is 0 Å². The molecule has 1 atom stereocenters. The van der Waals surface area contributed by atoms with Crippen LogP contribution in [0.15, 0.2) is 30.3 Å². The Morgan fingerprint density at radius 3 is 2.46 bits per heavy atom. The van der Waals surface area contributed by atoms with E-state index in [4.69, 9.17) is 9.47 Å². The second kappa shape index (κ2) is 4.99. The summed E-state index contributed by atoms with van der Waals surface area (Å²) in [7, 11) is 1.48. The first-order valence-electron chi connectivity index (χ1n) is 3.68. The average molecular weight is 245 g/mol. The molecule has 1 aromatic rings. The number of benzene rings is 1. The minimum atomic E-state index is -0.645. The van der Waals surface area contributed by atoms with Gasteiger partial charge in [-0.25, -0.2) is 4.79 Å². The molecule has 4 heteroatoms. The lowest BCUT2D eigenvalue weighted by molar-refractivity contribution is -0.0753. The molecule has 0 heterocycles. The van der Waals surface area contributed by atoms with Crippen LogP contribution in [-0.4, -0.2) is 12.0 Å². The van der Waals surface area contributed by atoms with Gasteiger partial charge in [-0.2, -0.15) is 0 Å². The summed E-state index contributed by atoms with van der Waals surface area (Å²) in [5, 5.41) is 0. The standard InChI is InChI=1S/C9H9BrO3/c1-12-8(13-9(10)11)7-5-3-2-4-6-7/h2-6,8H,1H3. The molecule has 0 N–H and O–H groups in total. The van der Waals surface area contributed by atoms with Crippen molar-refractivity contribution in [3.05, 3.63) is 35.9 Å². The average Bonchev–Trinajstić information content (AvgIpc) is 2.15. The molecule has 3 nitrogen and oxygen atoms in total. The number of ether oxygens (including phenoxy) is 2. The number of hydrogen-bond donors (Lipinski definition) is 0. The van der Waals surface area contributed by atoms with Gasteiger partial charge in [0.05, 0.1) is 0 Å². The Hall–Kier alpha value is -0.870. The molecular weight excluding hydrogens is 236 g/mol. The van der Waals surface area contributed by atoms with Gasteiger partial charge < -0.3 is 9.47 Å². The first-order valence-corrected chi connectivity index (χ1v) is 4.47. The van der Waals surface area contributed by atoms with Crippen LogP contribution in [0.2, 0.25) is 0 Å². The highest BCUT2D eigenvalue weighted by molar-refractivity contribution is 9.18. The fraction of sp³-hybridized carbons (Fsp3) is 0.222. The van der Waals surface area contributed by atoms with Gasteiger partial charge in [-0.3, -0.25) is 0 Å². The molecule has 0 aliphatic heterocycles. The molecule has 0 aromatic heterocycles. The van der Waals surface area contributed by atoms with Crippen LogP contribution in [0.5, 0.6) is 0 Å². The van der Waals surface area contributed by atoms with Gasteiger partial charge in [0.1, 0.15) is 0 Å². The van der Waals surface area contributed by atoms with Crippen molar-refractivity contribution in [3.63, 3.8) is 0 Å². The van der Waals surface area contributed by atoms with Gasteiger partial charge in [0, 0.05) is 28.6 Å². The van der Waals surface area contributed by atoms with Crippen LogP contribution >= 0.6 is 15.9 Å². The molecule has 70 valence electrons. The van der Waals surface area contributed by atoms with Gasteiger partial charge in [-0.15, -0.1) is 0 Å². The molecule has 0 saturated heterocycles. The topological polar surface area (TPSA) is 35.5 Å². The molecule has 0 fully saturated rings. The largest absolute Gasteiger partial charge is 0.423 e. The summed E-state index contributed by atoms with van der Waals surface area (Å²) >= 11 is 2.67. The zero-order valence-electron chi connectivity index (χ0n) is 7.07. The lowest BCUT2D eigenvalue weighted by atomic mass is 10.2. The smallest absolute Gasteiger partial charge is 0.377 e. The van der Waals surface area contributed by atoms with Gasteiger partial charge in [-0.1, -0.05) is 30.3 Å². The zero-order valence-corrected chi connectivity index (χ0v) is 8.65. The SMILES string of the molecule is COC(OC(=O)Br)c1ccccc1. The number of carbonyl (C=O) groups excluding carboxylic acids is 1. The molecule has 1 rings (SSSR count). The van der Waals surface area contributed by atoms with Crippen molar-refractivity contribution >= 4 is 20.8 Å². The normalized spacial score (nSPS) is 12.2. The van der Waals surface area contributed by atoms with E-state index in [0.717, 1.165) is 5.56 Å². The third-order valence-electron chi connectivity index (χ3n) is 1.49. The summed E-state index contributed by atoms with van der Waals surface area (Å²) in [6.07, 6.45) is -0.645. The maximum absolute atomic E-state index is 10.6. The van der Waals surface area contributed by atoms with E-state index >= 15 is 0 Å². The van der Waals surface area contributed by atoms with E-state index in [1.54, 1.807) is 0 Å². The van der Waals surface area contributed by atoms with Crippen molar-refractivity contribution < 1.29 is 14.3 Å². The maximum atomic E-state index is 10.6. The summed E-state index contributed by atoms with van der Waals surface area (Å²) in [5.74, 6) is 0. The Bertz CT molecular complexity index is 273. The molecule has 0 saturated carbocycles. The number of rotatable bonds is 3. The monoisotopic (exact) mass is 244 g/mol. The van der Waals surface area contributed by atoms with Crippen LogP contribution in [0.4, 0.5) is 4.79 Å². The minimum Gasteiger partial charge on any atom is -0.423 e. The second-order valence-electron chi connectivity index (χ2n) is 2.33. The predicted octanol–water partition coefficient (Wildman–Crippen LogP) is 2.86. The lowest BCUT2D eigenvalue weighted by Gasteiger charge is -2.13. The third-order valence-corrected chi connectivity index (χ3v) is 1.67. The van der Waals surface area contributed by atoms with E-state index in [1.807, 2.05) is 30.3 Å². The van der Waals surface area contributed by atoms with Crippen LogP contribution in [0.25, 0.3) is 0 Å². The van der Waals surface area contributed by atoms with Crippen molar-refractivity contribution in [1.82, 2.24) is 0 Å². The molecule has 0 aliphatic carbocycles. The highest BCUT2D eigenvalue weighted by Crippen LogP contribution is 2.18. The second-order valence-corrected chi connectivity index (χ2v) is 2.98. The maximum Gasteiger partial charge on any atom is 0.377 e. The van der Waals surface area contributed by atoms with Crippen molar-refractivity contribution in [2.45, 2.75) is 6.29 Å². The van der Waals surface area contributed by atoms with E-state index < -0.39 is 11.2 Å². The van der Waals surface area contributed by atoms with Crippen molar-refractivity contribution in [2.24, 2.45) is 0 Å². The predicted molar refractivity (Wildman–Crippen MR) is 51.6 cm³/mol. The van der Waals surface area contributed by atoms with Crippen molar-refractivity contribution in [2.75, 3.05) is 7.11 Å². The number of hydrogen-bond acceptors (Lipinski definition) is 3. The first kappa shape index (κ1) is 10.2. The fourth-order valence-corrected chi connectivity index (χ4v) is 1.12. The summed E-state index contributed by atoms with van der Waals surface area (Å²) in [6, 6.07) is 9.23. The molecule has 0 aliphatic rings. The van der Waals surface area contributed by atoms with Crippen molar-refractivity contribution in [3.8, 4) is 0 Å². The molecule has 0 radical (unpaired) electrons. The number of methoxy groups -OCH3 is 1. The van der Waals surface area contributed by atoms with E-state index in [9.17, 15) is 4.79 Å². The Balaban J connectivity index is 2.73. The van der Waals surface area contributed by atoms with Crippen LogP contribution < -0.4 is 0 Å².